The van der Waals surface area contributed by atoms with E-state index in [1.165, 1.54) is 12.1 Å². The summed E-state index contributed by atoms with van der Waals surface area (Å²) in [5.74, 6) is -0.0771. The molecule has 3 N–H and O–H groups in total. The molecule has 0 saturated carbocycles. The van der Waals surface area contributed by atoms with Crippen LogP contribution in [-0.4, -0.2) is 35.4 Å². The maximum absolute atomic E-state index is 12.0. The summed E-state index contributed by atoms with van der Waals surface area (Å²) in [4.78, 5) is -0.0371. The summed E-state index contributed by atoms with van der Waals surface area (Å²) in [6.45, 7) is 1.72. The molecule has 0 spiro atoms. The first-order valence-electron chi connectivity index (χ1n) is 5.76. The van der Waals surface area contributed by atoms with Crippen LogP contribution < -0.4 is 10.5 Å². The Labute approximate surface area is 124 Å². The summed E-state index contributed by atoms with van der Waals surface area (Å²) >= 11 is 5.89. The van der Waals surface area contributed by atoms with Crippen LogP contribution in [0.5, 0.6) is 0 Å². The van der Waals surface area contributed by atoms with Gasteiger partial charge >= 0.3 is 0 Å². The predicted octanol–water partition coefficient (Wildman–Crippen LogP) is 0.944. The first-order chi connectivity index (χ1) is 9.03. The van der Waals surface area contributed by atoms with Gasteiger partial charge in [-0.3, -0.25) is 0 Å². The van der Waals surface area contributed by atoms with Crippen molar-refractivity contribution in [2.75, 3.05) is 24.3 Å². The molecule has 1 aromatic carbocycles. The summed E-state index contributed by atoms with van der Waals surface area (Å²) in [5.41, 5.74) is 6.57. The molecule has 0 saturated heterocycles. The number of benzene rings is 1. The van der Waals surface area contributed by atoms with Crippen LogP contribution in [0.3, 0.4) is 0 Å². The highest BCUT2D eigenvalue weighted by atomic mass is 35.5. The number of sulfonamides is 1. The van der Waals surface area contributed by atoms with E-state index in [0.29, 0.717) is 5.56 Å². The first kappa shape index (κ1) is 17.2. The fraction of sp³-hybridized carbons (Fsp3) is 0.455. The van der Waals surface area contributed by atoms with E-state index in [1.807, 2.05) is 0 Å². The Bertz CT molecular complexity index is 676. The summed E-state index contributed by atoms with van der Waals surface area (Å²) in [7, 11) is -6.85. The minimum Gasteiger partial charge on any atom is -0.398 e. The van der Waals surface area contributed by atoms with Crippen molar-refractivity contribution in [1.29, 1.82) is 0 Å². The molecule has 1 aromatic rings. The Morgan fingerprint density at radius 3 is 2.35 bits per heavy atom. The molecule has 0 bridgehead atoms. The SMILES string of the molecule is Cc1c(N)cc(S(=O)(=O)NCCCS(C)(=O)=O)cc1Cl. The number of nitrogen functional groups attached to an aromatic ring is 1. The number of nitrogens with one attached hydrogen (secondary N) is 1. The van der Waals surface area contributed by atoms with E-state index in [0.717, 1.165) is 6.26 Å². The van der Waals surface area contributed by atoms with Gasteiger partial charge in [0, 0.05) is 23.5 Å². The Morgan fingerprint density at radius 2 is 1.85 bits per heavy atom. The van der Waals surface area contributed by atoms with Gasteiger partial charge in [0.1, 0.15) is 9.84 Å². The highest BCUT2D eigenvalue weighted by Crippen LogP contribution is 2.25. The van der Waals surface area contributed by atoms with Crippen LogP contribution in [-0.2, 0) is 19.9 Å². The smallest absolute Gasteiger partial charge is 0.240 e. The quantitative estimate of drug-likeness (QED) is 0.592. The minimum absolute atomic E-state index is 0.0286. The Hall–Kier alpha value is -0.830. The number of rotatable bonds is 6. The number of sulfone groups is 1. The van der Waals surface area contributed by atoms with Gasteiger partial charge in [0.25, 0.3) is 0 Å². The lowest BCUT2D eigenvalue weighted by molar-refractivity contribution is 0.577. The molecule has 0 aliphatic rings. The van der Waals surface area contributed by atoms with Crippen molar-refractivity contribution in [2.45, 2.75) is 18.2 Å². The van der Waals surface area contributed by atoms with Crippen LogP contribution in [0.15, 0.2) is 17.0 Å². The normalized spacial score (nSPS) is 12.6. The molecule has 20 heavy (non-hydrogen) atoms. The van der Waals surface area contributed by atoms with Gasteiger partial charge in [-0.1, -0.05) is 11.6 Å². The van der Waals surface area contributed by atoms with E-state index in [-0.39, 0.29) is 34.3 Å². The predicted molar refractivity (Wildman–Crippen MR) is 80.1 cm³/mol. The highest BCUT2D eigenvalue weighted by molar-refractivity contribution is 7.90. The molecule has 1 rings (SSSR count). The van der Waals surface area contributed by atoms with Gasteiger partial charge in [-0.25, -0.2) is 21.6 Å². The van der Waals surface area contributed by atoms with Gasteiger partial charge in [0.15, 0.2) is 0 Å². The molecule has 0 aliphatic carbocycles. The third-order valence-corrected chi connectivity index (χ3v) is 5.52. The molecule has 0 aliphatic heterocycles. The van der Waals surface area contributed by atoms with Gasteiger partial charge in [-0.05, 0) is 31.0 Å². The van der Waals surface area contributed by atoms with Gasteiger partial charge in [-0.15, -0.1) is 0 Å². The summed E-state index contributed by atoms with van der Waals surface area (Å²) < 4.78 is 48.2. The molecule has 0 heterocycles. The second-order valence-corrected chi connectivity index (χ2v) is 8.93. The van der Waals surface area contributed by atoms with Gasteiger partial charge < -0.3 is 5.73 Å². The monoisotopic (exact) mass is 340 g/mol. The van der Waals surface area contributed by atoms with Crippen molar-refractivity contribution in [2.24, 2.45) is 0 Å². The number of halogens is 1. The largest absolute Gasteiger partial charge is 0.398 e. The molecule has 0 amide bonds. The van der Waals surface area contributed by atoms with Crippen LogP contribution in [0.25, 0.3) is 0 Å². The third kappa shape index (κ3) is 4.93. The summed E-state index contributed by atoms with van der Waals surface area (Å²) in [6.07, 6.45) is 1.30. The Balaban J connectivity index is 2.80. The zero-order chi connectivity index (χ0) is 15.6. The number of nitrogens with two attached hydrogens (primary N) is 1. The second-order valence-electron chi connectivity index (χ2n) is 4.50. The fourth-order valence-corrected chi connectivity index (χ4v) is 3.55. The van der Waals surface area contributed by atoms with Crippen molar-refractivity contribution in [3.8, 4) is 0 Å². The van der Waals surface area contributed by atoms with Crippen LogP contribution in [0, 0.1) is 6.92 Å². The van der Waals surface area contributed by atoms with Crippen molar-refractivity contribution >= 4 is 37.1 Å². The van der Waals surface area contributed by atoms with Crippen LogP contribution in [0.1, 0.15) is 12.0 Å². The molecule has 0 fully saturated rings. The number of anilines is 1. The Kier molecular flexibility index (Phi) is 5.42. The molecular formula is C11H17ClN2O4S2. The van der Waals surface area contributed by atoms with Crippen LogP contribution >= 0.6 is 11.6 Å². The molecule has 0 unspecified atom stereocenters. The molecule has 9 heteroatoms. The van der Waals surface area contributed by atoms with Crippen molar-refractivity contribution in [3.63, 3.8) is 0 Å². The topological polar surface area (TPSA) is 106 Å². The lowest BCUT2D eigenvalue weighted by Crippen LogP contribution is -2.26. The molecule has 0 atom stereocenters. The summed E-state index contributed by atoms with van der Waals surface area (Å²) in [5, 5.41) is 0.265. The molecule has 0 radical (unpaired) electrons. The second kappa shape index (κ2) is 6.30. The van der Waals surface area contributed by atoms with Gasteiger partial charge in [-0.2, -0.15) is 0 Å². The lowest BCUT2D eigenvalue weighted by atomic mass is 10.2. The molecule has 6 nitrogen and oxygen atoms in total. The standard InChI is InChI=1S/C11H17ClN2O4S2/c1-8-10(12)6-9(7-11(8)13)20(17,18)14-4-3-5-19(2,15)16/h6-7,14H,3-5,13H2,1-2H3. The number of hydrogen-bond acceptors (Lipinski definition) is 5. The van der Waals surface area contributed by atoms with E-state index < -0.39 is 19.9 Å². The average Bonchev–Trinajstić information content (AvgIpc) is 2.30. The van der Waals surface area contributed by atoms with Crippen molar-refractivity contribution in [1.82, 2.24) is 4.72 Å². The average molecular weight is 341 g/mol. The first-order valence-corrected chi connectivity index (χ1v) is 9.68. The molecular weight excluding hydrogens is 324 g/mol. The van der Waals surface area contributed by atoms with E-state index in [9.17, 15) is 16.8 Å². The summed E-state index contributed by atoms with van der Waals surface area (Å²) in [6, 6.07) is 2.63. The molecule has 0 aromatic heterocycles. The third-order valence-electron chi connectivity index (χ3n) is 2.65. The minimum atomic E-state index is -3.75. The van der Waals surface area contributed by atoms with Crippen LogP contribution in [0.4, 0.5) is 5.69 Å². The maximum atomic E-state index is 12.0. The van der Waals surface area contributed by atoms with Crippen LogP contribution in [0.2, 0.25) is 5.02 Å². The highest BCUT2D eigenvalue weighted by Gasteiger charge is 2.16. The van der Waals surface area contributed by atoms with E-state index in [4.69, 9.17) is 17.3 Å². The van der Waals surface area contributed by atoms with E-state index in [2.05, 4.69) is 4.72 Å². The van der Waals surface area contributed by atoms with Crippen molar-refractivity contribution < 1.29 is 16.8 Å². The zero-order valence-corrected chi connectivity index (χ0v) is 13.6. The molecule has 114 valence electrons. The zero-order valence-electron chi connectivity index (χ0n) is 11.2. The van der Waals surface area contributed by atoms with Crippen molar-refractivity contribution in [3.05, 3.63) is 22.7 Å². The Morgan fingerprint density at radius 1 is 1.25 bits per heavy atom. The van der Waals surface area contributed by atoms with E-state index >= 15 is 0 Å². The maximum Gasteiger partial charge on any atom is 0.240 e. The fourth-order valence-electron chi connectivity index (χ4n) is 1.45. The van der Waals surface area contributed by atoms with Gasteiger partial charge in [0.05, 0.1) is 10.6 Å². The number of hydrogen-bond donors (Lipinski definition) is 2. The van der Waals surface area contributed by atoms with E-state index in [1.54, 1.807) is 6.92 Å². The van der Waals surface area contributed by atoms with Gasteiger partial charge in [0.2, 0.25) is 10.0 Å². The lowest BCUT2D eigenvalue weighted by Gasteiger charge is -2.09.